The molecule has 3 rings (SSSR count). The lowest BCUT2D eigenvalue weighted by atomic mass is 10.1. The Labute approximate surface area is 215 Å². The summed E-state index contributed by atoms with van der Waals surface area (Å²) in [7, 11) is 0. The summed E-state index contributed by atoms with van der Waals surface area (Å²) >= 11 is 0. The second-order valence-corrected chi connectivity index (χ2v) is 8.00. The molecule has 0 spiro atoms. The molecule has 0 fully saturated rings. The zero-order valence-corrected chi connectivity index (χ0v) is 19.6. The van der Waals surface area contributed by atoms with Gasteiger partial charge in [-0.1, -0.05) is 24.3 Å². The number of ether oxygens (including phenoxy) is 3. The van der Waals surface area contributed by atoms with E-state index in [9.17, 15) is 44.6 Å². The summed E-state index contributed by atoms with van der Waals surface area (Å²) in [4.78, 5) is 1.05. The standard InChI is InChI=1S/C25H20F9NO4/c26-22(27)25(33,34)39-20-9-1-4-15(10-20)13-35(14-21(36)24(30,31)32)16-5-2-6-17(11-16)37-18-7-3-8-19(12-18)38-23(28)29/h1-12,21-23,36H,13-14H2. The molecule has 0 radical (unpaired) electrons. The van der Waals surface area contributed by atoms with Crippen LogP contribution >= 0.6 is 0 Å². The van der Waals surface area contributed by atoms with Crippen molar-refractivity contribution in [2.24, 2.45) is 0 Å². The van der Waals surface area contributed by atoms with Crippen LogP contribution in [0.1, 0.15) is 5.56 Å². The van der Waals surface area contributed by atoms with Crippen LogP contribution < -0.4 is 19.1 Å². The van der Waals surface area contributed by atoms with Crippen molar-refractivity contribution >= 4 is 5.69 Å². The van der Waals surface area contributed by atoms with Crippen molar-refractivity contribution in [2.45, 2.75) is 38.0 Å². The summed E-state index contributed by atoms with van der Waals surface area (Å²) in [6, 6.07) is 15.1. The number of halogens is 9. The van der Waals surface area contributed by atoms with E-state index < -0.39 is 50.3 Å². The Morgan fingerprint density at radius 1 is 0.744 bits per heavy atom. The molecule has 0 aliphatic carbocycles. The Hall–Kier alpha value is -3.81. The van der Waals surface area contributed by atoms with Gasteiger partial charge < -0.3 is 24.2 Å². The van der Waals surface area contributed by atoms with E-state index in [1.807, 2.05) is 0 Å². The van der Waals surface area contributed by atoms with Gasteiger partial charge in [0, 0.05) is 24.4 Å². The molecule has 0 bridgehead atoms. The van der Waals surface area contributed by atoms with Gasteiger partial charge in [0.1, 0.15) is 23.0 Å². The first-order valence-corrected chi connectivity index (χ1v) is 11.0. The number of aliphatic hydroxyl groups excluding tert-OH is 1. The molecule has 3 aromatic rings. The van der Waals surface area contributed by atoms with Crippen LogP contribution in [0.5, 0.6) is 23.0 Å². The molecule has 0 heterocycles. The highest BCUT2D eigenvalue weighted by atomic mass is 19.4. The van der Waals surface area contributed by atoms with Gasteiger partial charge in [0.05, 0.1) is 6.54 Å². The van der Waals surface area contributed by atoms with Crippen LogP contribution in [0.4, 0.5) is 45.2 Å². The summed E-state index contributed by atoms with van der Waals surface area (Å²) in [5.41, 5.74) is 0.176. The van der Waals surface area contributed by atoms with Gasteiger partial charge in [0.25, 0.3) is 0 Å². The fourth-order valence-corrected chi connectivity index (χ4v) is 3.30. The molecule has 0 aliphatic rings. The largest absolute Gasteiger partial charge is 0.461 e. The predicted molar refractivity (Wildman–Crippen MR) is 121 cm³/mol. The fourth-order valence-electron chi connectivity index (χ4n) is 3.30. The first kappa shape index (κ1) is 29.7. The Morgan fingerprint density at radius 2 is 1.33 bits per heavy atom. The van der Waals surface area contributed by atoms with Crippen LogP contribution in [0, 0.1) is 0 Å². The molecular formula is C25H20F9NO4. The van der Waals surface area contributed by atoms with Crippen LogP contribution in [0.2, 0.25) is 0 Å². The zero-order chi connectivity index (χ0) is 28.8. The smallest absolute Gasteiger partial charge is 0.457 e. The van der Waals surface area contributed by atoms with Gasteiger partial charge in [-0.05, 0) is 42.0 Å². The minimum absolute atomic E-state index is 0.0667. The average Bonchev–Trinajstić information content (AvgIpc) is 2.83. The molecule has 14 heteroatoms. The number of benzene rings is 3. The minimum Gasteiger partial charge on any atom is -0.457 e. The topological polar surface area (TPSA) is 51.2 Å². The zero-order valence-electron chi connectivity index (χ0n) is 19.6. The van der Waals surface area contributed by atoms with Crippen molar-refractivity contribution < 1.29 is 58.8 Å². The number of hydrogen-bond donors (Lipinski definition) is 1. The highest BCUT2D eigenvalue weighted by Gasteiger charge is 2.44. The lowest BCUT2D eigenvalue weighted by Crippen LogP contribution is -2.40. The van der Waals surface area contributed by atoms with Crippen molar-refractivity contribution in [1.29, 1.82) is 0 Å². The highest BCUT2D eigenvalue weighted by Crippen LogP contribution is 2.32. The van der Waals surface area contributed by atoms with E-state index in [-0.39, 0.29) is 28.5 Å². The Bertz CT molecular complexity index is 1220. The summed E-state index contributed by atoms with van der Waals surface area (Å²) in [5.74, 6) is -0.718. The molecule has 0 aromatic heterocycles. The van der Waals surface area contributed by atoms with Crippen molar-refractivity contribution in [3.63, 3.8) is 0 Å². The summed E-state index contributed by atoms with van der Waals surface area (Å²) in [5, 5.41) is 9.69. The van der Waals surface area contributed by atoms with Crippen molar-refractivity contribution in [3.05, 3.63) is 78.4 Å². The van der Waals surface area contributed by atoms with E-state index in [1.165, 1.54) is 54.6 Å². The molecule has 0 saturated carbocycles. The molecule has 0 amide bonds. The normalized spacial score (nSPS) is 12.9. The molecule has 5 nitrogen and oxygen atoms in total. The number of aliphatic hydroxyl groups is 1. The second-order valence-electron chi connectivity index (χ2n) is 8.00. The lowest BCUT2D eigenvalue weighted by Gasteiger charge is -2.29. The third kappa shape index (κ3) is 8.87. The first-order valence-electron chi connectivity index (χ1n) is 11.0. The number of anilines is 1. The van der Waals surface area contributed by atoms with E-state index in [1.54, 1.807) is 0 Å². The third-order valence-corrected chi connectivity index (χ3v) is 5.00. The maximum atomic E-state index is 13.3. The quantitative estimate of drug-likeness (QED) is 0.233. The van der Waals surface area contributed by atoms with Crippen LogP contribution in [0.15, 0.2) is 72.8 Å². The first-order chi connectivity index (χ1) is 18.2. The lowest BCUT2D eigenvalue weighted by molar-refractivity contribution is -0.253. The van der Waals surface area contributed by atoms with Crippen LogP contribution in [0.3, 0.4) is 0 Å². The van der Waals surface area contributed by atoms with Gasteiger partial charge in [0.15, 0.2) is 6.10 Å². The summed E-state index contributed by atoms with van der Waals surface area (Å²) in [6.45, 7) is -4.47. The van der Waals surface area contributed by atoms with Gasteiger partial charge in [-0.15, -0.1) is 0 Å². The van der Waals surface area contributed by atoms with Gasteiger partial charge in [0.2, 0.25) is 0 Å². The van der Waals surface area contributed by atoms with Gasteiger partial charge >= 0.3 is 25.3 Å². The molecule has 1 unspecified atom stereocenters. The molecule has 1 atom stereocenters. The van der Waals surface area contributed by atoms with E-state index >= 15 is 0 Å². The fraction of sp³-hybridized carbons (Fsp3) is 0.280. The molecule has 3 aromatic carbocycles. The minimum atomic E-state index is -5.00. The molecular weight excluding hydrogens is 549 g/mol. The van der Waals surface area contributed by atoms with Crippen LogP contribution in [-0.4, -0.2) is 43.1 Å². The maximum Gasteiger partial charge on any atom is 0.461 e. The second kappa shape index (κ2) is 12.4. The Kier molecular flexibility index (Phi) is 9.43. The van der Waals surface area contributed by atoms with E-state index in [0.717, 1.165) is 23.1 Å². The van der Waals surface area contributed by atoms with Crippen molar-refractivity contribution in [1.82, 2.24) is 0 Å². The SMILES string of the molecule is OC(CN(Cc1cccc(OC(F)(F)C(F)F)c1)c1cccc(Oc2cccc(OC(F)F)c2)c1)C(F)(F)F. The molecule has 0 saturated heterocycles. The average molecular weight is 569 g/mol. The molecule has 39 heavy (non-hydrogen) atoms. The van der Waals surface area contributed by atoms with E-state index in [0.29, 0.717) is 0 Å². The Morgan fingerprint density at radius 3 is 1.97 bits per heavy atom. The number of alkyl halides is 9. The van der Waals surface area contributed by atoms with E-state index in [4.69, 9.17) is 4.74 Å². The third-order valence-electron chi connectivity index (χ3n) is 5.00. The predicted octanol–water partition coefficient (Wildman–Crippen LogP) is 7.25. The summed E-state index contributed by atoms with van der Waals surface area (Å²) in [6.07, 6.45) is -16.7. The van der Waals surface area contributed by atoms with Gasteiger partial charge in [-0.2, -0.15) is 39.5 Å². The maximum absolute atomic E-state index is 13.3. The van der Waals surface area contributed by atoms with Crippen LogP contribution in [-0.2, 0) is 6.54 Å². The van der Waals surface area contributed by atoms with Gasteiger partial charge in [-0.25, -0.2) is 0 Å². The van der Waals surface area contributed by atoms with E-state index in [2.05, 4.69) is 9.47 Å². The van der Waals surface area contributed by atoms with Crippen molar-refractivity contribution in [2.75, 3.05) is 11.4 Å². The summed E-state index contributed by atoms with van der Waals surface area (Å²) < 4.78 is 130. The monoisotopic (exact) mass is 569 g/mol. The molecule has 1 N–H and O–H groups in total. The highest BCUT2D eigenvalue weighted by molar-refractivity contribution is 5.52. The number of nitrogens with zero attached hydrogens (tertiary/aromatic N) is 1. The van der Waals surface area contributed by atoms with Crippen molar-refractivity contribution in [3.8, 4) is 23.0 Å². The number of hydrogen-bond acceptors (Lipinski definition) is 5. The Balaban J connectivity index is 1.87. The van der Waals surface area contributed by atoms with Gasteiger partial charge in [-0.3, -0.25) is 0 Å². The number of rotatable bonds is 12. The van der Waals surface area contributed by atoms with Crippen LogP contribution in [0.25, 0.3) is 0 Å². The molecule has 212 valence electrons. The molecule has 0 aliphatic heterocycles.